The van der Waals surface area contributed by atoms with E-state index >= 15 is 0 Å². The second-order valence-electron chi connectivity index (χ2n) is 8.04. The van der Waals surface area contributed by atoms with Crippen LogP contribution in [0.1, 0.15) is 51.5 Å². The van der Waals surface area contributed by atoms with E-state index in [1.807, 2.05) is 37.1 Å². The normalized spacial score (nSPS) is 23.3. The van der Waals surface area contributed by atoms with E-state index in [1.54, 1.807) is 0 Å². The molecule has 2 rings (SSSR count). The maximum absolute atomic E-state index is 13.2. The van der Waals surface area contributed by atoms with Crippen LogP contribution in [-0.4, -0.2) is 35.1 Å². The van der Waals surface area contributed by atoms with Crippen molar-refractivity contribution in [2.75, 3.05) is 13.7 Å². The first-order chi connectivity index (χ1) is 12.7. The number of benzene rings is 1. The second kappa shape index (κ2) is 9.58. The second-order valence-corrected chi connectivity index (χ2v) is 9.36. The third-order valence-electron chi connectivity index (χ3n) is 6.15. The number of amides is 1. The molecular formula is C22H31BrClNO2. The molecule has 3 nitrogen and oxygen atoms in total. The SMILES string of the molecule is C=C(CO)CC1CCC(CC)(N(C)C(=O)C(C)Cc2ccc(Br)cc2Cl)C1. The maximum atomic E-state index is 13.2. The highest BCUT2D eigenvalue weighted by Gasteiger charge is 2.43. The van der Waals surface area contributed by atoms with Gasteiger partial charge >= 0.3 is 0 Å². The fraction of sp³-hybridized carbons (Fsp3) is 0.591. The first kappa shape index (κ1) is 22.4. The molecule has 0 heterocycles. The summed E-state index contributed by atoms with van der Waals surface area (Å²) in [6, 6.07) is 5.82. The summed E-state index contributed by atoms with van der Waals surface area (Å²) >= 11 is 9.76. The molecule has 1 aliphatic rings. The molecule has 1 aromatic carbocycles. The number of aliphatic hydroxyl groups excluding tert-OH is 1. The monoisotopic (exact) mass is 455 g/mol. The number of carbonyl (C=O) groups excluding carboxylic acids is 1. The van der Waals surface area contributed by atoms with Crippen molar-refractivity contribution in [1.29, 1.82) is 0 Å². The van der Waals surface area contributed by atoms with E-state index in [1.165, 1.54) is 0 Å². The minimum absolute atomic E-state index is 0.0510. The average molecular weight is 457 g/mol. The Kier molecular flexibility index (Phi) is 7.96. The van der Waals surface area contributed by atoms with E-state index < -0.39 is 0 Å². The lowest BCUT2D eigenvalue weighted by molar-refractivity contribution is -0.139. The molecule has 0 saturated heterocycles. The Bertz CT molecular complexity index is 693. The van der Waals surface area contributed by atoms with Crippen LogP contribution in [0.15, 0.2) is 34.8 Å². The highest BCUT2D eigenvalue weighted by Crippen LogP contribution is 2.43. The molecule has 0 radical (unpaired) electrons. The first-order valence-corrected chi connectivity index (χ1v) is 10.9. The predicted molar refractivity (Wildman–Crippen MR) is 116 cm³/mol. The summed E-state index contributed by atoms with van der Waals surface area (Å²) in [5.74, 6) is 0.553. The number of halogens is 2. The molecule has 0 spiro atoms. The number of aliphatic hydroxyl groups is 1. The van der Waals surface area contributed by atoms with Gasteiger partial charge in [0.15, 0.2) is 0 Å². The summed E-state index contributed by atoms with van der Waals surface area (Å²) in [6.45, 7) is 8.14. The van der Waals surface area contributed by atoms with Crippen LogP contribution in [0.4, 0.5) is 0 Å². The Morgan fingerprint density at radius 2 is 2.22 bits per heavy atom. The minimum Gasteiger partial charge on any atom is -0.392 e. The molecule has 0 bridgehead atoms. The Labute approximate surface area is 176 Å². The fourth-order valence-electron chi connectivity index (χ4n) is 4.39. The third kappa shape index (κ3) is 5.36. The molecule has 1 saturated carbocycles. The summed E-state index contributed by atoms with van der Waals surface area (Å²) in [7, 11) is 1.95. The molecule has 3 unspecified atom stereocenters. The number of nitrogens with zero attached hydrogens (tertiary/aromatic N) is 1. The summed E-state index contributed by atoms with van der Waals surface area (Å²) in [6.07, 6.45) is 5.52. The van der Waals surface area contributed by atoms with Gasteiger partial charge in [-0.2, -0.15) is 0 Å². The van der Waals surface area contributed by atoms with Crippen LogP contribution in [-0.2, 0) is 11.2 Å². The van der Waals surface area contributed by atoms with E-state index in [0.29, 0.717) is 17.4 Å². The molecule has 1 aliphatic carbocycles. The topological polar surface area (TPSA) is 40.5 Å². The van der Waals surface area contributed by atoms with Crippen molar-refractivity contribution in [3.63, 3.8) is 0 Å². The Morgan fingerprint density at radius 3 is 2.81 bits per heavy atom. The molecule has 1 aromatic rings. The largest absolute Gasteiger partial charge is 0.392 e. The van der Waals surface area contributed by atoms with E-state index in [9.17, 15) is 9.90 Å². The van der Waals surface area contributed by atoms with Gasteiger partial charge in [0.2, 0.25) is 5.91 Å². The number of hydrogen-bond acceptors (Lipinski definition) is 2. The number of hydrogen-bond donors (Lipinski definition) is 1. The zero-order valence-corrected chi connectivity index (χ0v) is 18.9. The maximum Gasteiger partial charge on any atom is 0.225 e. The zero-order valence-electron chi connectivity index (χ0n) is 16.6. The van der Waals surface area contributed by atoms with Crippen LogP contribution < -0.4 is 0 Å². The van der Waals surface area contributed by atoms with Crippen molar-refractivity contribution < 1.29 is 9.90 Å². The molecule has 150 valence electrons. The van der Waals surface area contributed by atoms with Crippen LogP contribution in [0.3, 0.4) is 0 Å². The number of carbonyl (C=O) groups is 1. The van der Waals surface area contributed by atoms with Gasteiger partial charge in [0, 0.05) is 28.0 Å². The lowest BCUT2D eigenvalue weighted by atomic mass is 9.88. The van der Waals surface area contributed by atoms with E-state index in [4.69, 9.17) is 11.6 Å². The number of rotatable bonds is 8. The van der Waals surface area contributed by atoms with E-state index in [0.717, 1.165) is 47.7 Å². The van der Waals surface area contributed by atoms with Gasteiger partial charge in [-0.3, -0.25) is 4.79 Å². The van der Waals surface area contributed by atoms with Gasteiger partial charge in [-0.1, -0.05) is 59.6 Å². The molecule has 1 amide bonds. The standard InChI is InChI=1S/C22H31BrClNO2/c1-5-22(9-8-17(13-22)10-15(2)14-26)25(4)21(27)16(3)11-18-6-7-19(23)12-20(18)24/h6-7,12,16-17,26H,2,5,8-11,13-14H2,1,3-4H3. The first-order valence-electron chi connectivity index (χ1n) is 9.71. The van der Waals surface area contributed by atoms with Gasteiger partial charge < -0.3 is 10.0 Å². The molecule has 3 atom stereocenters. The van der Waals surface area contributed by atoms with Crippen LogP contribution in [0, 0.1) is 11.8 Å². The van der Waals surface area contributed by atoms with E-state index in [2.05, 4.69) is 29.4 Å². The van der Waals surface area contributed by atoms with Gasteiger partial charge in [0.05, 0.1) is 6.61 Å². The smallest absolute Gasteiger partial charge is 0.225 e. The molecular weight excluding hydrogens is 426 g/mol. The summed E-state index contributed by atoms with van der Waals surface area (Å²) in [5.41, 5.74) is 1.80. The predicted octanol–water partition coefficient (Wildman–Crippen LogP) is 5.63. The van der Waals surface area contributed by atoms with Crippen molar-refractivity contribution in [2.24, 2.45) is 11.8 Å². The van der Waals surface area contributed by atoms with Gasteiger partial charge in [-0.05, 0) is 62.1 Å². The third-order valence-corrected chi connectivity index (χ3v) is 7.00. The molecule has 1 N–H and O–H groups in total. The lowest BCUT2D eigenvalue weighted by Crippen LogP contribution is -2.49. The van der Waals surface area contributed by atoms with Gasteiger partial charge in [0.25, 0.3) is 0 Å². The van der Waals surface area contributed by atoms with Gasteiger partial charge in [-0.15, -0.1) is 0 Å². The van der Waals surface area contributed by atoms with Crippen LogP contribution >= 0.6 is 27.5 Å². The van der Waals surface area contributed by atoms with Crippen molar-refractivity contribution in [1.82, 2.24) is 4.90 Å². The highest BCUT2D eigenvalue weighted by molar-refractivity contribution is 9.10. The molecule has 1 fully saturated rings. The van der Waals surface area contributed by atoms with Crippen LogP contribution in [0.25, 0.3) is 0 Å². The van der Waals surface area contributed by atoms with E-state index in [-0.39, 0.29) is 24.0 Å². The Morgan fingerprint density at radius 1 is 1.52 bits per heavy atom. The van der Waals surface area contributed by atoms with Crippen LogP contribution in [0.2, 0.25) is 5.02 Å². The minimum atomic E-state index is -0.122. The zero-order chi connectivity index (χ0) is 20.2. The Balaban J connectivity index is 2.06. The van der Waals surface area contributed by atoms with Gasteiger partial charge in [-0.25, -0.2) is 0 Å². The Hall–Kier alpha value is -0.840. The molecule has 5 heteroatoms. The fourth-order valence-corrected chi connectivity index (χ4v) is 5.14. The average Bonchev–Trinajstić information content (AvgIpc) is 3.06. The summed E-state index contributed by atoms with van der Waals surface area (Å²) < 4.78 is 0.943. The van der Waals surface area contributed by atoms with Gasteiger partial charge in [0.1, 0.15) is 0 Å². The lowest BCUT2D eigenvalue weighted by Gasteiger charge is -2.40. The van der Waals surface area contributed by atoms with Crippen molar-refractivity contribution in [3.05, 3.63) is 45.4 Å². The summed E-state index contributed by atoms with van der Waals surface area (Å²) in [4.78, 5) is 15.2. The molecule has 27 heavy (non-hydrogen) atoms. The van der Waals surface area contributed by atoms with Crippen molar-refractivity contribution >= 4 is 33.4 Å². The van der Waals surface area contributed by atoms with Crippen molar-refractivity contribution in [3.8, 4) is 0 Å². The quantitative estimate of drug-likeness (QED) is 0.515. The molecule has 0 aliphatic heterocycles. The summed E-state index contributed by atoms with van der Waals surface area (Å²) in [5, 5.41) is 9.95. The molecule has 0 aromatic heterocycles. The highest BCUT2D eigenvalue weighted by atomic mass is 79.9. The van der Waals surface area contributed by atoms with Crippen LogP contribution in [0.5, 0.6) is 0 Å². The van der Waals surface area contributed by atoms with Crippen molar-refractivity contribution in [2.45, 2.75) is 57.9 Å².